The van der Waals surface area contributed by atoms with E-state index in [-0.39, 0.29) is 6.61 Å². The van der Waals surface area contributed by atoms with Gasteiger partial charge in [-0.2, -0.15) is 0 Å². The van der Waals surface area contributed by atoms with E-state index in [2.05, 4.69) is 0 Å². The van der Waals surface area contributed by atoms with E-state index in [0.717, 1.165) is 11.1 Å². The molecule has 2 fully saturated rings. The van der Waals surface area contributed by atoms with Gasteiger partial charge in [-0.15, -0.1) is 0 Å². The molecule has 0 aliphatic carbocycles. The Bertz CT molecular complexity index is 769. The first-order valence-corrected chi connectivity index (χ1v) is 9.51. The van der Waals surface area contributed by atoms with E-state index < -0.39 is 42.4 Å². The van der Waals surface area contributed by atoms with E-state index in [0.29, 0.717) is 0 Å². The first-order chi connectivity index (χ1) is 13.6. The zero-order valence-corrected chi connectivity index (χ0v) is 16.0. The lowest BCUT2D eigenvalue weighted by Crippen LogP contribution is -2.68. The maximum atomic E-state index is 10.6. The molecule has 0 spiro atoms. The van der Waals surface area contributed by atoms with Crippen LogP contribution in [0.2, 0.25) is 0 Å². The second-order valence-electron chi connectivity index (χ2n) is 7.33. The molecule has 0 unspecified atom stereocenters. The van der Waals surface area contributed by atoms with Crippen LogP contribution >= 0.6 is 0 Å². The fraction of sp³-hybridized carbons (Fsp3) is 0.455. The first kappa shape index (κ1) is 19.5. The van der Waals surface area contributed by atoms with Gasteiger partial charge in [0.2, 0.25) is 0 Å². The molecule has 6 nitrogen and oxygen atoms in total. The number of aliphatic hydroxyl groups excluding tert-OH is 2. The summed E-state index contributed by atoms with van der Waals surface area (Å²) in [5.74, 6) is 0. The van der Waals surface area contributed by atoms with Crippen LogP contribution < -0.4 is 0 Å². The molecular weight excluding hydrogens is 360 g/mol. The van der Waals surface area contributed by atoms with Gasteiger partial charge >= 0.3 is 0 Å². The summed E-state index contributed by atoms with van der Waals surface area (Å²) in [4.78, 5) is 0. The van der Waals surface area contributed by atoms with Gasteiger partial charge < -0.3 is 29.2 Å². The van der Waals surface area contributed by atoms with Crippen molar-refractivity contribution in [1.29, 1.82) is 0 Å². The van der Waals surface area contributed by atoms with Crippen molar-refractivity contribution < 1.29 is 29.2 Å². The fourth-order valence-electron chi connectivity index (χ4n) is 4.18. The van der Waals surface area contributed by atoms with Crippen LogP contribution in [0.15, 0.2) is 60.7 Å². The second-order valence-corrected chi connectivity index (χ2v) is 7.33. The fourth-order valence-corrected chi connectivity index (χ4v) is 4.18. The van der Waals surface area contributed by atoms with Crippen molar-refractivity contribution in [3.8, 4) is 0 Å². The first-order valence-electron chi connectivity index (χ1n) is 9.51. The van der Waals surface area contributed by atoms with E-state index in [1.807, 2.05) is 60.7 Å². The third-order valence-corrected chi connectivity index (χ3v) is 5.70. The van der Waals surface area contributed by atoms with Gasteiger partial charge in [-0.25, -0.2) is 0 Å². The van der Waals surface area contributed by atoms with Gasteiger partial charge in [0.05, 0.1) is 12.7 Å². The maximum absolute atomic E-state index is 10.6. The molecule has 150 valence electrons. The Balaban J connectivity index is 1.82. The predicted octanol–water partition coefficient (Wildman–Crippen LogP) is 2.15. The standard InChI is InChI=1S/C22H26O6/c1-14-17(24)18(25-2)19-20(26-14)22(13-23,16-11-7-4-8-12-16)28-21(27-19)15-9-5-3-6-10-15/h3-12,14,17-21,23-24H,13H2,1-2H3/t14-,17-,18-,19+,20+,21+,22-/m1/s1. The maximum Gasteiger partial charge on any atom is 0.185 e. The molecule has 0 amide bonds. The molecule has 28 heavy (non-hydrogen) atoms. The van der Waals surface area contributed by atoms with Crippen LogP contribution in [0.5, 0.6) is 0 Å². The average molecular weight is 386 g/mol. The average Bonchev–Trinajstić information content (AvgIpc) is 2.75. The van der Waals surface area contributed by atoms with Crippen molar-refractivity contribution in [3.05, 3.63) is 71.8 Å². The zero-order chi connectivity index (χ0) is 19.7. The van der Waals surface area contributed by atoms with Gasteiger partial charge in [-0.1, -0.05) is 60.7 Å². The monoisotopic (exact) mass is 386 g/mol. The summed E-state index contributed by atoms with van der Waals surface area (Å²) < 4.78 is 24.4. The van der Waals surface area contributed by atoms with Crippen LogP contribution in [0.1, 0.15) is 24.3 Å². The van der Waals surface area contributed by atoms with Crippen LogP contribution in [0.25, 0.3) is 0 Å². The molecule has 7 atom stereocenters. The van der Waals surface area contributed by atoms with Gasteiger partial charge in [-0.3, -0.25) is 0 Å². The third-order valence-electron chi connectivity index (χ3n) is 5.70. The highest BCUT2D eigenvalue weighted by molar-refractivity contribution is 5.28. The Morgan fingerprint density at radius 1 is 1.00 bits per heavy atom. The minimum Gasteiger partial charge on any atom is -0.393 e. The molecule has 0 aromatic heterocycles. The summed E-state index contributed by atoms with van der Waals surface area (Å²) in [5.41, 5.74) is 0.448. The van der Waals surface area contributed by atoms with E-state index in [4.69, 9.17) is 18.9 Å². The van der Waals surface area contributed by atoms with Crippen LogP contribution in [-0.4, -0.2) is 54.4 Å². The molecule has 2 aromatic rings. The Morgan fingerprint density at radius 2 is 1.64 bits per heavy atom. The smallest absolute Gasteiger partial charge is 0.185 e. The van der Waals surface area contributed by atoms with Crippen LogP contribution in [-0.2, 0) is 24.5 Å². The molecule has 2 N–H and O–H groups in total. The molecule has 0 saturated carbocycles. The molecule has 0 bridgehead atoms. The van der Waals surface area contributed by atoms with Gasteiger partial charge in [0, 0.05) is 12.7 Å². The Morgan fingerprint density at radius 3 is 2.25 bits per heavy atom. The molecule has 6 heteroatoms. The molecule has 2 saturated heterocycles. The summed E-state index contributed by atoms with van der Waals surface area (Å²) in [7, 11) is 1.54. The lowest BCUT2D eigenvalue weighted by atomic mass is 9.79. The molecule has 4 rings (SSSR count). The van der Waals surface area contributed by atoms with E-state index in [9.17, 15) is 10.2 Å². The number of benzene rings is 2. The highest BCUT2D eigenvalue weighted by Gasteiger charge is 2.59. The highest BCUT2D eigenvalue weighted by Crippen LogP contribution is 2.47. The summed E-state index contributed by atoms with van der Waals surface area (Å²) in [6.07, 6.45) is -3.98. The van der Waals surface area contributed by atoms with Gasteiger partial charge in [0.15, 0.2) is 6.29 Å². The van der Waals surface area contributed by atoms with E-state index in [1.54, 1.807) is 14.0 Å². The van der Waals surface area contributed by atoms with E-state index >= 15 is 0 Å². The summed E-state index contributed by atoms with van der Waals surface area (Å²) >= 11 is 0. The molecular formula is C22H26O6. The molecule has 2 aliphatic heterocycles. The molecule has 2 heterocycles. The number of fused-ring (bicyclic) bond motifs is 1. The minimum absolute atomic E-state index is 0.301. The number of ether oxygens (including phenoxy) is 4. The van der Waals surface area contributed by atoms with Crippen LogP contribution in [0, 0.1) is 0 Å². The minimum atomic E-state index is -1.16. The van der Waals surface area contributed by atoms with Crippen molar-refractivity contribution in [3.63, 3.8) is 0 Å². The van der Waals surface area contributed by atoms with Crippen LogP contribution in [0.3, 0.4) is 0 Å². The Labute approximate surface area is 164 Å². The topological polar surface area (TPSA) is 77.4 Å². The highest BCUT2D eigenvalue weighted by atomic mass is 16.7. The predicted molar refractivity (Wildman–Crippen MR) is 101 cm³/mol. The summed E-state index contributed by atoms with van der Waals surface area (Å²) in [6.45, 7) is 1.48. The lowest BCUT2D eigenvalue weighted by molar-refractivity contribution is -0.391. The second kappa shape index (κ2) is 7.91. The normalized spacial score (nSPS) is 38.0. The van der Waals surface area contributed by atoms with Crippen LogP contribution in [0.4, 0.5) is 0 Å². The summed E-state index contributed by atoms with van der Waals surface area (Å²) in [6, 6.07) is 19.0. The molecule has 2 aromatic carbocycles. The molecule has 0 radical (unpaired) electrons. The zero-order valence-electron chi connectivity index (χ0n) is 16.0. The quantitative estimate of drug-likeness (QED) is 0.839. The third kappa shape index (κ3) is 3.16. The van der Waals surface area contributed by atoms with Crippen molar-refractivity contribution in [2.45, 2.75) is 49.3 Å². The van der Waals surface area contributed by atoms with Crippen molar-refractivity contribution in [2.75, 3.05) is 13.7 Å². The Kier molecular flexibility index (Phi) is 5.51. The number of hydrogen-bond donors (Lipinski definition) is 2. The number of hydrogen-bond acceptors (Lipinski definition) is 6. The largest absolute Gasteiger partial charge is 0.393 e. The van der Waals surface area contributed by atoms with Gasteiger partial charge in [-0.05, 0) is 12.5 Å². The summed E-state index contributed by atoms with van der Waals surface area (Å²) in [5, 5.41) is 21.2. The van der Waals surface area contributed by atoms with Gasteiger partial charge in [0.1, 0.15) is 30.0 Å². The number of aliphatic hydroxyl groups is 2. The lowest BCUT2D eigenvalue weighted by Gasteiger charge is -2.55. The number of rotatable bonds is 4. The van der Waals surface area contributed by atoms with Crippen molar-refractivity contribution >= 4 is 0 Å². The number of methoxy groups -OCH3 is 1. The van der Waals surface area contributed by atoms with Crippen molar-refractivity contribution in [1.82, 2.24) is 0 Å². The molecule has 2 aliphatic rings. The SMILES string of the molecule is CO[C@@H]1[C@H](O)[C@@H](C)O[C@H]2[C@H]1O[C@H](c1ccccc1)O[C@]2(CO)c1ccccc1. The van der Waals surface area contributed by atoms with Gasteiger partial charge in [0.25, 0.3) is 0 Å². The van der Waals surface area contributed by atoms with Crippen molar-refractivity contribution in [2.24, 2.45) is 0 Å². The Hall–Kier alpha value is -1.80. The van der Waals surface area contributed by atoms with E-state index in [1.165, 1.54) is 0 Å².